The van der Waals surface area contributed by atoms with Gasteiger partial charge < -0.3 is 4.42 Å². The molecule has 0 bridgehead atoms. The summed E-state index contributed by atoms with van der Waals surface area (Å²) in [6, 6.07) is 1.73. The highest BCUT2D eigenvalue weighted by molar-refractivity contribution is 5.46. The maximum absolute atomic E-state index is 9.67. The van der Waals surface area contributed by atoms with Gasteiger partial charge in [0.05, 0.1) is 6.26 Å². The van der Waals surface area contributed by atoms with Crippen molar-refractivity contribution in [1.82, 2.24) is 0 Å². The first kappa shape index (κ1) is 5.79. The third-order valence-corrected chi connectivity index (χ3v) is 0.982. The molecule has 1 aromatic heterocycles. The van der Waals surface area contributed by atoms with Crippen LogP contribution in [-0.2, 0) is 4.79 Å². The fourth-order valence-corrected chi connectivity index (χ4v) is 0.521. The third kappa shape index (κ3) is 1.06. The second-order valence-electron chi connectivity index (χ2n) is 1.61. The van der Waals surface area contributed by atoms with Gasteiger partial charge in [0.2, 0.25) is 12.0 Å². The number of rotatable bonds is 1. The van der Waals surface area contributed by atoms with Crippen LogP contribution in [0.1, 0.15) is 5.56 Å². The summed E-state index contributed by atoms with van der Waals surface area (Å²) in [7, 11) is 0. The van der Waals surface area contributed by atoms with Crippen LogP contribution in [-0.4, -0.2) is 6.08 Å². The smallest absolute Gasteiger partial charge is 0.243 e. The highest BCUT2D eigenvalue weighted by Gasteiger charge is 1.95. The molecule has 3 nitrogen and oxygen atoms in total. The molecule has 46 valence electrons. The van der Waals surface area contributed by atoms with Crippen molar-refractivity contribution in [3.05, 3.63) is 17.9 Å². The maximum Gasteiger partial charge on any atom is 0.243 e. The molecule has 0 amide bonds. The summed E-state index contributed by atoms with van der Waals surface area (Å²) in [6.45, 7) is 1.81. The summed E-state index contributed by atoms with van der Waals surface area (Å²) >= 11 is 0. The second kappa shape index (κ2) is 2.29. The monoisotopic (exact) mass is 123 g/mol. The molecular weight excluding hydrogens is 118 g/mol. The minimum Gasteiger partial charge on any atom is -0.446 e. The first-order valence-corrected chi connectivity index (χ1v) is 2.46. The zero-order chi connectivity index (χ0) is 6.69. The lowest BCUT2D eigenvalue weighted by Gasteiger charge is -1.79. The highest BCUT2D eigenvalue weighted by Crippen LogP contribution is 2.17. The Morgan fingerprint density at radius 1 is 1.78 bits per heavy atom. The molecule has 0 fully saturated rings. The topological polar surface area (TPSA) is 42.6 Å². The molecule has 0 N–H and O–H groups in total. The van der Waals surface area contributed by atoms with E-state index in [1.54, 1.807) is 13.0 Å². The molecule has 3 heteroatoms. The number of carbonyl (C=O) groups excluding carboxylic acids is 1. The largest absolute Gasteiger partial charge is 0.446 e. The number of nitrogens with zero attached hydrogens (tertiary/aromatic N) is 1. The third-order valence-electron chi connectivity index (χ3n) is 0.982. The molecule has 1 heterocycles. The Hall–Kier alpha value is -1.34. The van der Waals surface area contributed by atoms with Crippen LogP contribution in [0.25, 0.3) is 0 Å². The van der Waals surface area contributed by atoms with E-state index in [0.717, 1.165) is 5.56 Å². The molecule has 0 saturated heterocycles. The van der Waals surface area contributed by atoms with Gasteiger partial charge in [-0.05, 0) is 13.0 Å². The van der Waals surface area contributed by atoms with Gasteiger partial charge in [-0.1, -0.05) is 0 Å². The number of hydrogen-bond donors (Lipinski definition) is 0. The van der Waals surface area contributed by atoms with Gasteiger partial charge >= 0.3 is 0 Å². The Bertz CT molecular complexity index is 245. The molecule has 0 aliphatic rings. The van der Waals surface area contributed by atoms with Gasteiger partial charge in [0.25, 0.3) is 0 Å². The van der Waals surface area contributed by atoms with Gasteiger partial charge in [-0.3, -0.25) is 0 Å². The lowest BCUT2D eigenvalue weighted by molar-refractivity contribution is 0.554. The Labute approximate surface area is 52.0 Å². The Kier molecular flexibility index (Phi) is 1.47. The zero-order valence-electron chi connectivity index (χ0n) is 4.92. The predicted molar refractivity (Wildman–Crippen MR) is 31.2 cm³/mol. The van der Waals surface area contributed by atoms with Crippen molar-refractivity contribution < 1.29 is 9.21 Å². The van der Waals surface area contributed by atoms with Gasteiger partial charge in [-0.2, -0.15) is 0 Å². The van der Waals surface area contributed by atoms with Crippen molar-refractivity contribution in [2.45, 2.75) is 6.92 Å². The van der Waals surface area contributed by atoms with Gasteiger partial charge in [0.15, 0.2) is 0 Å². The average Bonchev–Trinajstić information content (AvgIpc) is 2.18. The Morgan fingerprint density at radius 3 is 3.00 bits per heavy atom. The molecule has 0 unspecified atom stereocenters. The van der Waals surface area contributed by atoms with Crippen LogP contribution < -0.4 is 0 Å². The molecule has 1 rings (SSSR count). The normalized spacial score (nSPS) is 8.56. The average molecular weight is 123 g/mol. The van der Waals surface area contributed by atoms with Crippen LogP contribution in [0.15, 0.2) is 21.7 Å². The van der Waals surface area contributed by atoms with E-state index >= 15 is 0 Å². The van der Waals surface area contributed by atoms with Crippen LogP contribution in [0.4, 0.5) is 5.88 Å². The molecular formula is C6H5NO2. The van der Waals surface area contributed by atoms with Gasteiger partial charge in [0, 0.05) is 5.56 Å². The minimum absolute atomic E-state index is 0.338. The maximum atomic E-state index is 9.67. The summed E-state index contributed by atoms with van der Waals surface area (Å²) in [5.74, 6) is 0.338. The van der Waals surface area contributed by atoms with E-state index in [0.29, 0.717) is 5.88 Å². The predicted octanol–water partition coefficient (Wildman–Crippen LogP) is 1.56. The van der Waals surface area contributed by atoms with Crippen LogP contribution in [0.3, 0.4) is 0 Å². The van der Waals surface area contributed by atoms with Crippen molar-refractivity contribution in [3.8, 4) is 0 Å². The van der Waals surface area contributed by atoms with Gasteiger partial charge in [-0.15, -0.1) is 4.99 Å². The van der Waals surface area contributed by atoms with Gasteiger partial charge in [0.1, 0.15) is 0 Å². The Balaban J connectivity index is 3.07. The first-order valence-electron chi connectivity index (χ1n) is 2.46. The fourth-order valence-electron chi connectivity index (χ4n) is 0.521. The van der Waals surface area contributed by atoms with E-state index in [1.165, 1.54) is 12.3 Å². The lowest BCUT2D eigenvalue weighted by Crippen LogP contribution is -1.59. The van der Waals surface area contributed by atoms with Crippen LogP contribution >= 0.6 is 0 Å². The minimum atomic E-state index is 0.338. The van der Waals surface area contributed by atoms with Crippen LogP contribution in [0.5, 0.6) is 0 Å². The van der Waals surface area contributed by atoms with Crippen molar-refractivity contribution in [2.24, 2.45) is 4.99 Å². The number of furan rings is 1. The van der Waals surface area contributed by atoms with Crippen molar-refractivity contribution in [1.29, 1.82) is 0 Å². The molecule has 9 heavy (non-hydrogen) atoms. The van der Waals surface area contributed by atoms with E-state index in [4.69, 9.17) is 4.42 Å². The van der Waals surface area contributed by atoms with E-state index in [1.807, 2.05) is 0 Å². The Morgan fingerprint density at radius 2 is 2.56 bits per heavy atom. The zero-order valence-corrected chi connectivity index (χ0v) is 4.92. The molecule has 0 aliphatic carbocycles. The number of isocyanates is 1. The molecule has 0 saturated carbocycles. The van der Waals surface area contributed by atoms with Crippen molar-refractivity contribution in [2.75, 3.05) is 0 Å². The summed E-state index contributed by atoms with van der Waals surface area (Å²) in [6.07, 6.45) is 2.87. The highest BCUT2D eigenvalue weighted by atomic mass is 16.3. The van der Waals surface area contributed by atoms with E-state index in [-0.39, 0.29) is 0 Å². The molecule has 1 aromatic rings. The number of aliphatic imine (C=N–C) groups is 1. The summed E-state index contributed by atoms with van der Waals surface area (Å²) in [4.78, 5) is 13.0. The molecule has 0 aromatic carbocycles. The number of aryl methyl sites for hydroxylation is 1. The van der Waals surface area contributed by atoms with Crippen molar-refractivity contribution >= 4 is 12.0 Å². The van der Waals surface area contributed by atoms with E-state index < -0.39 is 0 Å². The summed E-state index contributed by atoms with van der Waals surface area (Å²) in [5.41, 5.74) is 0.846. The summed E-state index contributed by atoms with van der Waals surface area (Å²) in [5, 5.41) is 0. The lowest BCUT2D eigenvalue weighted by atomic mass is 10.4. The second-order valence-corrected chi connectivity index (χ2v) is 1.61. The first-order chi connectivity index (χ1) is 4.34. The van der Waals surface area contributed by atoms with E-state index in [2.05, 4.69) is 4.99 Å². The van der Waals surface area contributed by atoms with Gasteiger partial charge in [-0.25, -0.2) is 4.79 Å². The standard InChI is InChI=1S/C6H5NO2/c1-5-2-3-9-6(5)7-4-8/h2-3H,1H3. The number of hydrogen-bond acceptors (Lipinski definition) is 3. The summed E-state index contributed by atoms with van der Waals surface area (Å²) < 4.78 is 4.78. The molecule has 0 atom stereocenters. The molecule has 0 radical (unpaired) electrons. The SMILES string of the molecule is Cc1ccoc1N=C=O. The van der Waals surface area contributed by atoms with Crippen LogP contribution in [0, 0.1) is 6.92 Å². The quantitative estimate of drug-likeness (QED) is 0.420. The van der Waals surface area contributed by atoms with Crippen LogP contribution in [0.2, 0.25) is 0 Å². The van der Waals surface area contributed by atoms with Crippen molar-refractivity contribution in [3.63, 3.8) is 0 Å². The molecule has 0 spiro atoms. The fraction of sp³-hybridized carbons (Fsp3) is 0.167. The molecule has 0 aliphatic heterocycles. The van der Waals surface area contributed by atoms with E-state index in [9.17, 15) is 4.79 Å².